The van der Waals surface area contributed by atoms with Crippen LogP contribution >= 0.6 is 0 Å². The number of hydrogen-bond donors (Lipinski definition) is 1. The molecule has 1 amide bonds. The molecular formula is C18H27NO4. The van der Waals surface area contributed by atoms with Crippen molar-refractivity contribution < 1.29 is 19.0 Å². The Balaban J connectivity index is 1.78. The van der Waals surface area contributed by atoms with Crippen molar-refractivity contribution >= 4 is 5.91 Å². The first-order valence-electron chi connectivity index (χ1n) is 8.22. The molecule has 1 aromatic rings. The second-order valence-corrected chi connectivity index (χ2v) is 6.43. The predicted octanol–water partition coefficient (Wildman–Crippen LogP) is 2.77. The molecule has 1 fully saturated rings. The molecule has 1 aromatic carbocycles. The molecule has 5 nitrogen and oxygen atoms in total. The van der Waals surface area contributed by atoms with E-state index in [2.05, 4.69) is 19.2 Å². The zero-order chi connectivity index (χ0) is 16.7. The van der Waals surface area contributed by atoms with Gasteiger partial charge in [0.25, 0.3) is 0 Å². The summed E-state index contributed by atoms with van der Waals surface area (Å²) in [7, 11) is 1.62. The summed E-state index contributed by atoms with van der Waals surface area (Å²) in [5, 5.41) is 2.85. The normalized spacial score (nSPS) is 13.9. The van der Waals surface area contributed by atoms with Crippen LogP contribution < -0.4 is 14.8 Å². The summed E-state index contributed by atoms with van der Waals surface area (Å²) in [4.78, 5) is 11.7. The van der Waals surface area contributed by atoms with Crippen LogP contribution in [0.3, 0.4) is 0 Å². The first-order chi connectivity index (χ1) is 11.1. The van der Waals surface area contributed by atoms with Gasteiger partial charge in [0, 0.05) is 6.54 Å². The van der Waals surface area contributed by atoms with Crippen LogP contribution in [-0.2, 0) is 16.1 Å². The minimum absolute atomic E-state index is 0.0928. The van der Waals surface area contributed by atoms with E-state index >= 15 is 0 Å². The molecule has 0 aromatic heterocycles. The van der Waals surface area contributed by atoms with Gasteiger partial charge in [-0.15, -0.1) is 0 Å². The lowest BCUT2D eigenvalue weighted by molar-refractivity contribution is -0.126. The maximum Gasteiger partial charge on any atom is 0.246 e. The number of methoxy groups -OCH3 is 1. The highest BCUT2D eigenvalue weighted by Crippen LogP contribution is 2.29. The van der Waals surface area contributed by atoms with E-state index in [1.54, 1.807) is 7.11 Å². The van der Waals surface area contributed by atoms with E-state index in [4.69, 9.17) is 14.2 Å². The van der Waals surface area contributed by atoms with Crippen molar-refractivity contribution in [1.82, 2.24) is 5.32 Å². The first-order valence-corrected chi connectivity index (χ1v) is 8.22. The second kappa shape index (κ2) is 8.77. The molecule has 1 aliphatic carbocycles. The van der Waals surface area contributed by atoms with Gasteiger partial charge in [0.15, 0.2) is 11.5 Å². The minimum atomic E-state index is -0.0928. The van der Waals surface area contributed by atoms with Crippen molar-refractivity contribution in [3.8, 4) is 11.5 Å². The van der Waals surface area contributed by atoms with E-state index in [0.29, 0.717) is 37.3 Å². The lowest BCUT2D eigenvalue weighted by Gasteiger charge is -2.14. The van der Waals surface area contributed by atoms with Gasteiger partial charge in [0.05, 0.1) is 20.3 Å². The van der Waals surface area contributed by atoms with Crippen LogP contribution in [0.5, 0.6) is 11.5 Å². The van der Waals surface area contributed by atoms with Gasteiger partial charge >= 0.3 is 0 Å². The van der Waals surface area contributed by atoms with Gasteiger partial charge in [0.1, 0.15) is 6.61 Å². The van der Waals surface area contributed by atoms with Crippen molar-refractivity contribution in [2.45, 2.75) is 33.2 Å². The van der Waals surface area contributed by atoms with Gasteiger partial charge in [-0.25, -0.2) is 0 Å². The third-order valence-corrected chi connectivity index (χ3v) is 3.57. The summed E-state index contributed by atoms with van der Waals surface area (Å²) in [6.45, 7) is 6.12. The highest BCUT2D eigenvalue weighted by molar-refractivity contribution is 5.77. The largest absolute Gasteiger partial charge is 0.493 e. The lowest BCUT2D eigenvalue weighted by atomic mass is 10.2. The Bertz CT molecular complexity index is 512. The Morgan fingerprint density at radius 1 is 1.30 bits per heavy atom. The number of rotatable bonds is 10. The van der Waals surface area contributed by atoms with Crippen molar-refractivity contribution in [3.05, 3.63) is 23.8 Å². The molecule has 1 aliphatic rings. The molecule has 5 heteroatoms. The molecule has 0 saturated heterocycles. The van der Waals surface area contributed by atoms with Crippen molar-refractivity contribution in [2.75, 3.05) is 26.9 Å². The Hall–Kier alpha value is -1.75. The summed E-state index contributed by atoms with van der Waals surface area (Å²) in [5.41, 5.74) is 0.967. The van der Waals surface area contributed by atoms with Gasteiger partial charge < -0.3 is 19.5 Å². The Morgan fingerprint density at radius 3 is 2.74 bits per heavy atom. The Kier molecular flexibility index (Phi) is 6.71. The topological polar surface area (TPSA) is 56.8 Å². The quantitative estimate of drug-likeness (QED) is 0.720. The summed E-state index contributed by atoms with van der Waals surface area (Å²) in [6, 6.07) is 5.71. The van der Waals surface area contributed by atoms with E-state index in [-0.39, 0.29) is 12.5 Å². The highest BCUT2D eigenvalue weighted by Gasteiger charge is 2.21. The minimum Gasteiger partial charge on any atom is -0.493 e. The monoisotopic (exact) mass is 321 g/mol. The number of amides is 1. The van der Waals surface area contributed by atoms with Crippen LogP contribution in [0.4, 0.5) is 0 Å². The van der Waals surface area contributed by atoms with E-state index in [1.165, 1.54) is 12.8 Å². The van der Waals surface area contributed by atoms with Crippen LogP contribution in [0.1, 0.15) is 32.3 Å². The van der Waals surface area contributed by atoms with E-state index in [9.17, 15) is 4.79 Å². The third kappa shape index (κ3) is 6.48. The summed E-state index contributed by atoms with van der Waals surface area (Å²) in [5.74, 6) is 2.44. The van der Waals surface area contributed by atoms with Gasteiger partial charge in [-0.1, -0.05) is 19.9 Å². The van der Waals surface area contributed by atoms with Crippen LogP contribution in [-0.4, -0.2) is 32.8 Å². The van der Waals surface area contributed by atoms with E-state index < -0.39 is 0 Å². The molecule has 0 unspecified atom stereocenters. The number of benzene rings is 1. The molecule has 1 N–H and O–H groups in total. The standard InChI is InChI=1S/C18H27NO4/c1-13(2)10-23-16-7-6-15(8-17(16)21-3)9-19-18(20)12-22-11-14-4-5-14/h6-8,13-14H,4-5,9-12H2,1-3H3,(H,19,20). The number of carbonyl (C=O) groups is 1. The molecular weight excluding hydrogens is 294 g/mol. The number of carbonyl (C=O) groups excluding carboxylic acids is 1. The molecule has 0 atom stereocenters. The average molecular weight is 321 g/mol. The Labute approximate surface area is 138 Å². The van der Waals surface area contributed by atoms with Crippen molar-refractivity contribution in [2.24, 2.45) is 11.8 Å². The zero-order valence-corrected chi connectivity index (χ0v) is 14.3. The summed E-state index contributed by atoms with van der Waals surface area (Å²) < 4.78 is 16.4. The maximum atomic E-state index is 11.7. The molecule has 0 radical (unpaired) electrons. The summed E-state index contributed by atoms with van der Waals surface area (Å²) >= 11 is 0. The van der Waals surface area contributed by atoms with Gasteiger partial charge in [-0.2, -0.15) is 0 Å². The number of nitrogens with one attached hydrogen (secondary N) is 1. The van der Waals surface area contributed by atoms with Gasteiger partial charge in [-0.3, -0.25) is 4.79 Å². The highest BCUT2D eigenvalue weighted by atomic mass is 16.5. The smallest absolute Gasteiger partial charge is 0.246 e. The SMILES string of the molecule is COc1cc(CNC(=O)COCC2CC2)ccc1OCC(C)C. The van der Waals surface area contributed by atoms with Gasteiger partial charge in [0.2, 0.25) is 5.91 Å². The molecule has 1 saturated carbocycles. The molecule has 23 heavy (non-hydrogen) atoms. The second-order valence-electron chi connectivity index (χ2n) is 6.43. The first kappa shape index (κ1) is 17.6. The average Bonchev–Trinajstić information content (AvgIpc) is 3.35. The van der Waals surface area contributed by atoms with Crippen LogP contribution in [0.25, 0.3) is 0 Å². The van der Waals surface area contributed by atoms with Crippen molar-refractivity contribution in [1.29, 1.82) is 0 Å². The fraction of sp³-hybridized carbons (Fsp3) is 0.611. The van der Waals surface area contributed by atoms with Crippen LogP contribution in [0.15, 0.2) is 18.2 Å². The summed E-state index contributed by atoms with van der Waals surface area (Å²) in [6.07, 6.45) is 2.46. The van der Waals surface area contributed by atoms with E-state index in [0.717, 1.165) is 11.3 Å². The molecule has 0 spiro atoms. The zero-order valence-electron chi connectivity index (χ0n) is 14.3. The fourth-order valence-corrected chi connectivity index (χ4v) is 2.05. The molecule has 2 rings (SSSR count). The van der Waals surface area contributed by atoms with Crippen molar-refractivity contribution in [3.63, 3.8) is 0 Å². The molecule has 0 aliphatic heterocycles. The fourth-order valence-electron chi connectivity index (χ4n) is 2.05. The third-order valence-electron chi connectivity index (χ3n) is 3.57. The predicted molar refractivity (Wildman–Crippen MR) is 88.7 cm³/mol. The molecule has 128 valence electrons. The lowest BCUT2D eigenvalue weighted by Crippen LogP contribution is -2.27. The van der Waals surface area contributed by atoms with E-state index in [1.807, 2.05) is 18.2 Å². The number of hydrogen-bond acceptors (Lipinski definition) is 4. The molecule has 0 bridgehead atoms. The number of ether oxygens (including phenoxy) is 3. The van der Waals surface area contributed by atoms with Crippen LogP contribution in [0.2, 0.25) is 0 Å². The Morgan fingerprint density at radius 2 is 2.09 bits per heavy atom. The molecule has 0 heterocycles. The van der Waals surface area contributed by atoms with Gasteiger partial charge in [-0.05, 0) is 42.4 Å². The van der Waals surface area contributed by atoms with Crippen LogP contribution in [0, 0.1) is 11.8 Å². The maximum absolute atomic E-state index is 11.7.